The van der Waals surface area contributed by atoms with Gasteiger partial charge in [0.05, 0.1) is 22.2 Å². The van der Waals surface area contributed by atoms with Crippen molar-refractivity contribution in [3.63, 3.8) is 0 Å². The first-order chi connectivity index (χ1) is 25.1. The van der Waals surface area contributed by atoms with Gasteiger partial charge in [0, 0.05) is 60.4 Å². The zero-order valence-electron chi connectivity index (χ0n) is 31.1. The van der Waals surface area contributed by atoms with Crippen molar-refractivity contribution in [2.45, 2.75) is 77.6 Å². The van der Waals surface area contributed by atoms with Crippen LogP contribution in [0.2, 0.25) is 0 Å². The fourth-order valence-electron chi connectivity index (χ4n) is 7.52. The maximum absolute atomic E-state index is 12.5. The normalized spacial score (nSPS) is 17.1. The molecule has 0 N–H and O–H groups in total. The minimum absolute atomic E-state index is 0.0355. The molecular formula is C44H49N5O2S. The molecule has 6 rings (SSSR count). The molecule has 0 saturated heterocycles. The summed E-state index contributed by atoms with van der Waals surface area (Å²) in [4.78, 5) is 10.9. The first-order valence-corrected chi connectivity index (χ1v) is 19.3. The quantitative estimate of drug-likeness (QED) is 0.0404. The Morgan fingerprint density at radius 1 is 0.962 bits per heavy atom. The van der Waals surface area contributed by atoms with Gasteiger partial charge in [0.2, 0.25) is 5.69 Å². The summed E-state index contributed by atoms with van der Waals surface area (Å²) >= 11 is 1.35. The van der Waals surface area contributed by atoms with Gasteiger partial charge in [-0.15, -0.1) is 11.3 Å². The number of anilines is 1. The molecule has 0 atom stereocenters. The molecule has 1 aromatic heterocycles. The van der Waals surface area contributed by atoms with E-state index in [1.807, 2.05) is 18.2 Å². The predicted molar refractivity (Wildman–Crippen MR) is 213 cm³/mol. The lowest BCUT2D eigenvalue weighted by Gasteiger charge is -2.25. The fourth-order valence-corrected chi connectivity index (χ4v) is 8.32. The number of unbranched alkanes of at least 4 members (excludes halogenated alkanes) is 2. The number of hydrogen-bond acceptors (Lipinski definition) is 7. The molecule has 0 amide bonds. The standard InChI is InChI=1S/C44H49N5O2S/c1-6-48-36-20-14-12-18-33(36)43(2,3)39(48)22-9-7-10-23-40-44(4,5)34-19-13-15-21-37(34)49(40)28-16-8-11-24-41(50)46-27-17-29-51-32-25-26-35-38(30-32)52-42(31-45)47-35/h7,9-10,12-15,18-23,25-26,30H,6,8,11,16-17,24,27-29H2,1-5H3. The first-order valence-electron chi connectivity index (χ1n) is 18.5. The number of para-hydroxylation sites is 2. The van der Waals surface area contributed by atoms with Crippen LogP contribution in [-0.4, -0.2) is 47.4 Å². The minimum atomic E-state index is -0.110. The molecule has 3 aromatic carbocycles. The van der Waals surface area contributed by atoms with E-state index >= 15 is 0 Å². The fraction of sp³-hybridized carbons (Fsp3) is 0.364. The highest BCUT2D eigenvalue weighted by atomic mass is 32.1. The summed E-state index contributed by atoms with van der Waals surface area (Å²) < 4.78 is 9.23. The average Bonchev–Trinajstić information content (AvgIpc) is 3.73. The van der Waals surface area contributed by atoms with Gasteiger partial charge in [-0.1, -0.05) is 68.5 Å². The van der Waals surface area contributed by atoms with Crippen molar-refractivity contribution < 1.29 is 14.4 Å². The Hall–Kier alpha value is -5.00. The Labute approximate surface area is 312 Å². The van der Waals surface area contributed by atoms with Crippen LogP contribution in [0.15, 0.2) is 108 Å². The topological polar surface area (TPSA) is 87.6 Å². The van der Waals surface area contributed by atoms with E-state index in [1.54, 1.807) is 0 Å². The largest absolute Gasteiger partial charge is 0.862 e. The number of ether oxygens (including phenoxy) is 1. The van der Waals surface area contributed by atoms with E-state index in [4.69, 9.17) is 10.00 Å². The average molecular weight is 712 g/mol. The van der Waals surface area contributed by atoms with Gasteiger partial charge in [0.15, 0.2) is 10.7 Å². The van der Waals surface area contributed by atoms with E-state index < -0.39 is 0 Å². The molecule has 2 aliphatic rings. The molecule has 8 heteroatoms. The Bertz CT molecular complexity index is 2110. The number of hydrogen-bond donors (Lipinski definition) is 0. The molecular weight excluding hydrogens is 663 g/mol. The lowest BCUT2D eigenvalue weighted by molar-refractivity contribution is -0.438. The number of allylic oxidation sites excluding steroid dienone is 6. The monoisotopic (exact) mass is 711 g/mol. The second-order valence-electron chi connectivity index (χ2n) is 14.4. The lowest BCUT2D eigenvalue weighted by Crippen LogP contribution is -2.27. The number of rotatable bonds is 15. The van der Waals surface area contributed by atoms with Crippen LogP contribution in [0.1, 0.15) is 82.9 Å². The zero-order chi connectivity index (χ0) is 36.7. The van der Waals surface area contributed by atoms with Gasteiger partial charge in [-0.2, -0.15) is 9.84 Å². The van der Waals surface area contributed by atoms with Crippen LogP contribution >= 0.6 is 11.3 Å². The van der Waals surface area contributed by atoms with Gasteiger partial charge in [-0.3, -0.25) is 0 Å². The van der Waals surface area contributed by atoms with Gasteiger partial charge < -0.3 is 19.7 Å². The molecule has 3 heterocycles. The van der Waals surface area contributed by atoms with E-state index in [1.165, 1.54) is 45.2 Å². The van der Waals surface area contributed by atoms with Gasteiger partial charge >= 0.3 is 0 Å². The van der Waals surface area contributed by atoms with E-state index in [2.05, 4.69) is 139 Å². The van der Waals surface area contributed by atoms with Crippen LogP contribution in [0.3, 0.4) is 0 Å². The van der Waals surface area contributed by atoms with E-state index in [9.17, 15) is 5.11 Å². The van der Waals surface area contributed by atoms with Gasteiger partial charge in [-0.25, -0.2) is 4.98 Å². The SMILES string of the molecule is CCN1\C(=C/C=C/C=C/C2=[N+](CCCCCC([O-])=NCCCOc3ccc4nc(C#N)sc4c3)c3ccccc3C2(C)C)C(C)(C)c2ccccc21. The minimum Gasteiger partial charge on any atom is -0.862 e. The number of benzene rings is 3. The third kappa shape index (κ3) is 7.75. The van der Waals surface area contributed by atoms with E-state index in [-0.39, 0.29) is 16.7 Å². The summed E-state index contributed by atoms with van der Waals surface area (Å²) in [6.07, 6.45) is 15.0. The molecule has 0 bridgehead atoms. The molecule has 52 heavy (non-hydrogen) atoms. The van der Waals surface area contributed by atoms with Crippen molar-refractivity contribution in [1.82, 2.24) is 4.98 Å². The van der Waals surface area contributed by atoms with Gasteiger partial charge in [0.1, 0.15) is 18.4 Å². The number of nitrogens with zero attached hydrogens (tertiary/aromatic N) is 5. The van der Waals surface area contributed by atoms with Crippen molar-refractivity contribution in [2.24, 2.45) is 4.99 Å². The Kier molecular flexibility index (Phi) is 11.4. The van der Waals surface area contributed by atoms with Crippen LogP contribution in [0.5, 0.6) is 5.75 Å². The third-order valence-electron chi connectivity index (χ3n) is 10.2. The molecule has 0 saturated carbocycles. The van der Waals surface area contributed by atoms with Gasteiger partial charge in [-0.05, 0) is 81.8 Å². The second kappa shape index (κ2) is 16.1. The van der Waals surface area contributed by atoms with E-state index in [0.29, 0.717) is 31.0 Å². The summed E-state index contributed by atoms with van der Waals surface area (Å²) in [5.74, 6) is 0.700. The third-order valence-corrected chi connectivity index (χ3v) is 11.2. The molecule has 268 valence electrons. The van der Waals surface area contributed by atoms with Crippen molar-refractivity contribution in [1.29, 1.82) is 5.26 Å². The number of thiazole rings is 1. The molecule has 0 radical (unpaired) electrons. The molecule has 0 fully saturated rings. The summed E-state index contributed by atoms with van der Waals surface area (Å²) in [6, 6.07) is 25.2. The lowest BCUT2D eigenvalue weighted by atomic mass is 9.81. The van der Waals surface area contributed by atoms with Crippen LogP contribution < -0.4 is 14.7 Å². The molecule has 0 aliphatic carbocycles. The van der Waals surface area contributed by atoms with Crippen molar-refractivity contribution in [3.05, 3.63) is 119 Å². The number of fused-ring (bicyclic) bond motifs is 3. The van der Waals surface area contributed by atoms with Crippen LogP contribution in [0.25, 0.3) is 10.2 Å². The summed E-state index contributed by atoms with van der Waals surface area (Å²) in [6.45, 7) is 14.2. The van der Waals surface area contributed by atoms with Gasteiger partial charge in [0.25, 0.3) is 0 Å². The number of aliphatic imine (C=N–C) groups is 1. The summed E-state index contributed by atoms with van der Waals surface area (Å²) in [7, 11) is 0. The molecule has 7 nitrogen and oxygen atoms in total. The Morgan fingerprint density at radius 3 is 2.56 bits per heavy atom. The zero-order valence-corrected chi connectivity index (χ0v) is 31.9. The molecule has 0 spiro atoms. The molecule has 0 unspecified atom stereocenters. The van der Waals surface area contributed by atoms with E-state index in [0.717, 1.165) is 48.3 Å². The number of likely N-dealkylation sites (N-methyl/N-ethyl adjacent to an activating group) is 1. The summed E-state index contributed by atoms with van der Waals surface area (Å²) in [5.41, 5.74) is 8.57. The highest BCUT2D eigenvalue weighted by molar-refractivity contribution is 7.19. The maximum atomic E-state index is 12.5. The van der Waals surface area contributed by atoms with Crippen LogP contribution in [-0.2, 0) is 10.8 Å². The predicted octanol–water partition coefficient (Wildman–Crippen LogP) is 9.15. The van der Waals surface area contributed by atoms with Crippen molar-refractivity contribution in [2.75, 3.05) is 31.1 Å². The first kappa shape index (κ1) is 36.8. The molecule has 2 aliphatic heterocycles. The number of nitriles is 1. The maximum Gasteiger partial charge on any atom is 0.209 e. The second-order valence-corrected chi connectivity index (χ2v) is 15.4. The number of aromatic nitrogens is 1. The highest BCUT2D eigenvalue weighted by Crippen LogP contribution is 2.47. The van der Waals surface area contributed by atoms with Crippen molar-refractivity contribution in [3.8, 4) is 11.8 Å². The van der Waals surface area contributed by atoms with Crippen LogP contribution in [0.4, 0.5) is 11.4 Å². The Balaban J connectivity index is 1.01. The van der Waals surface area contributed by atoms with Crippen LogP contribution in [0, 0.1) is 11.3 Å². The highest BCUT2D eigenvalue weighted by Gasteiger charge is 2.43. The summed E-state index contributed by atoms with van der Waals surface area (Å²) in [5, 5.41) is 22.0. The molecule has 4 aromatic rings. The Morgan fingerprint density at radius 2 is 1.75 bits per heavy atom. The smallest absolute Gasteiger partial charge is 0.209 e. The van der Waals surface area contributed by atoms with Crippen molar-refractivity contribution >= 4 is 44.5 Å².